The Kier molecular flexibility index (Phi) is 2.79. The Morgan fingerprint density at radius 1 is 0.955 bits per heavy atom. The Morgan fingerprint density at radius 2 is 1.82 bits per heavy atom. The molecule has 0 unspecified atom stereocenters. The van der Waals surface area contributed by atoms with Crippen molar-refractivity contribution in [1.29, 1.82) is 0 Å². The fraction of sp³-hybridized carbons (Fsp3) is 0.0526. The molecule has 4 aromatic rings. The third-order valence-corrected chi connectivity index (χ3v) is 4.07. The molecule has 4 rings (SSSR count). The van der Waals surface area contributed by atoms with Crippen molar-refractivity contribution in [3.8, 4) is 22.6 Å². The van der Waals surface area contributed by atoms with Crippen LogP contribution in [0.5, 0.6) is 11.5 Å². The number of hydrogen-bond acceptors (Lipinski definition) is 2. The van der Waals surface area contributed by atoms with Gasteiger partial charge in [-0.15, -0.1) is 0 Å². The summed E-state index contributed by atoms with van der Waals surface area (Å²) in [4.78, 5) is 3.26. The maximum atomic E-state index is 10.4. The Bertz CT molecular complexity index is 985. The fourth-order valence-corrected chi connectivity index (χ4v) is 2.98. The molecule has 22 heavy (non-hydrogen) atoms. The number of nitrogens with one attached hydrogen (secondary N) is 1. The van der Waals surface area contributed by atoms with Crippen LogP contribution >= 0.6 is 0 Å². The van der Waals surface area contributed by atoms with Crippen molar-refractivity contribution in [2.75, 3.05) is 7.11 Å². The predicted molar refractivity (Wildman–Crippen MR) is 89.5 cm³/mol. The first-order chi connectivity index (χ1) is 10.8. The van der Waals surface area contributed by atoms with Gasteiger partial charge >= 0.3 is 0 Å². The lowest BCUT2D eigenvalue weighted by molar-refractivity contribution is 0.415. The van der Waals surface area contributed by atoms with E-state index in [2.05, 4.69) is 4.98 Å². The maximum absolute atomic E-state index is 10.4. The molecule has 0 saturated carbocycles. The minimum Gasteiger partial charge on any atom is -0.507 e. The number of aromatic amines is 1. The lowest BCUT2D eigenvalue weighted by Gasteiger charge is -2.09. The summed E-state index contributed by atoms with van der Waals surface area (Å²) in [6, 6.07) is 17.6. The van der Waals surface area contributed by atoms with Gasteiger partial charge in [0.25, 0.3) is 0 Å². The highest BCUT2D eigenvalue weighted by atomic mass is 16.5. The molecular weight excluding hydrogens is 274 g/mol. The number of ether oxygens (including phenoxy) is 1. The van der Waals surface area contributed by atoms with Crippen LogP contribution in [0.1, 0.15) is 0 Å². The fourth-order valence-electron chi connectivity index (χ4n) is 2.98. The lowest BCUT2D eigenvalue weighted by atomic mass is 9.97. The molecular formula is C19H15NO2. The molecule has 2 N–H and O–H groups in total. The molecule has 0 atom stereocenters. The zero-order valence-electron chi connectivity index (χ0n) is 12.1. The Morgan fingerprint density at radius 3 is 2.68 bits per heavy atom. The van der Waals surface area contributed by atoms with Gasteiger partial charge in [-0.25, -0.2) is 0 Å². The average molecular weight is 289 g/mol. The van der Waals surface area contributed by atoms with E-state index in [1.165, 1.54) is 0 Å². The molecule has 3 heteroatoms. The number of hydrogen-bond donors (Lipinski definition) is 2. The number of benzene rings is 3. The van der Waals surface area contributed by atoms with Crippen LogP contribution in [-0.4, -0.2) is 17.2 Å². The summed E-state index contributed by atoms with van der Waals surface area (Å²) >= 11 is 0. The Balaban J connectivity index is 2.09. The highest BCUT2D eigenvalue weighted by molar-refractivity contribution is 6.07. The topological polar surface area (TPSA) is 45.2 Å². The van der Waals surface area contributed by atoms with Crippen molar-refractivity contribution in [1.82, 2.24) is 4.98 Å². The summed E-state index contributed by atoms with van der Waals surface area (Å²) in [6.45, 7) is 0. The summed E-state index contributed by atoms with van der Waals surface area (Å²) < 4.78 is 5.32. The van der Waals surface area contributed by atoms with Crippen molar-refractivity contribution in [2.45, 2.75) is 0 Å². The molecule has 3 aromatic carbocycles. The number of H-pyrrole nitrogens is 1. The SMILES string of the molecule is COc1ccc2[nH]cc(-c3c(O)ccc4ccccc34)c2c1. The second-order valence-electron chi connectivity index (χ2n) is 5.29. The lowest BCUT2D eigenvalue weighted by Crippen LogP contribution is -1.84. The van der Waals surface area contributed by atoms with E-state index < -0.39 is 0 Å². The number of aromatic nitrogens is 1. The van der Waals surface area contributed by atoms with Crippen molar-refractivity contribution >= 4 is 21.7 Å². The van der Waals surface area contributed by atoms with E-state index in [1.807, 2.05) is 54.7 Å². The predicted octanol–water partition coefficient (Wildman–Crippen LogP) is 4.70. The number of rotatable bonds is 2. The van der Waals surface area contributed by atoms with Crippen molar-refractivity contribution in [2.24, 2.45) is 0 Å². The summed E-state index contributed by atoms with van der Waals surface area (Å²) in [5, 5.41) is 13.6. The second kappa shape index (κ2) is 4.81. The van der Waals surface area contributed by atoms with Gasteiger partial charge in [0.1, 0.15) is 11.5 Å². The molecule has 3 nitrogen and oxygen atoms in total. The number of phenolic OH excluding ortho intramolecular Hbond substituents is 1. The van der Waals surface area contributed by atoms with Crippen LogP contribution in [0.4, 0.5) is 0 Å². The smallest absolute Gasteiger partial charge is 0.124 e. The van der Waals surface area contributed by atoms with Crippen LogP contribution in [0.15, 0.2) is 60.8 Å². The molecule has 0 amide bonds. The van der Waals surface area contributed by atoms with Gasteiger partial charge in [0.2, 0.25) is 0 Å². The molecule has 0 aliphatic carbocycles. The molecule has 0 radical (unpaired) electrons. The maximum Gasteiger partial charge on any atom is 0.124 e. The van der Waals surface area contributed by atoms with E-state index in [1.54, 1.807) is 13.2 Å². The van der Waals surface area contributed by atoms with Crippen LogP contribution in [0.25, 0.3) is 32.8 Å². The first-order valence-electron chi connectivity index (χ1n) is 7.14. The normalized spacial score (nSPS) is 11.1. The first kappa shape index (κ1) is 12.8. The van der Waals surface area contributed by atoms with Gasteiger partial charge in [0, 0.05) is 28.2 Å². The van der Waals surface area contributed by atoms with Gasteiger partial charge in [0.05, 0.1) is 7.11 Å². The molecule has 0 bridgehead atoms. The van der Waals surface area contributed by atoms with E-state index in [9.17, 15) is 5.11 Å². The van der Waals surface area contributed by atoms with Gasteiger partial charge in [-0.3, -0.25) is 0 Å². The first-order valence-corrected chi connectivity index (χ1v) is 7.14. The molecule has 1 heterocycles. The highest BCUT2D eigenvalue weighted by Crippen LogP contribution is 2.40. The second-order valence-corrected chi connectivity index (χ2v) is 5.29. The third kappa shape index (κ3) is 1.83. The van der Waals surface area contributed by atoms with Gasteiger partial charge in [0.15, 0.2) is 0 Å². The van der Waals surface area contributed by atoms with E-state index in [4.69, 9.17) is 4.74 Å². The van der Waals surface area contributed by atoms with Crippen molar-refractivity contribution in [3.05, 3.63) is 60.8 Å². The highest BCUT2D eigenvalue weighted by Gasteiger charge is 2.14. The Labute approximate surface area is 127 Å². The molecule has 0 saturated heterocycles. The zero-order chi connectivity index (χ0) is 15.1. The van der Waals surface area contributed by atoms with E-state index in [0.717, 1.165) is 38.6 Å². The van der Waals surface area contributed by atoms with E-state index >= 15 is 0 Å². The van der Waals surface area contributed by atoms with E-state index in [0.29, 0.717) is 0 Å². The van der Waals surface area contributed by atoms with Crippen LogP contribution in [-0.2, 0) is 0 Å². The summed E-state index contributed by atoms with van der Waals surface area (Å²) in [5.74, 6) is 1.08. The average Bonchev–Trinajstić information content (AvgIpc) is 2.97. The quantitative estimate of drug-likeness (QED) is 0.561. The number of phenols is 1. The van der Waals surface area contributed by atoms with Gasteiger partial charge < -0.3 is 14.8 Å². The minimum absolute atomic E-state index is 0.280. The van der Waals surface area contributed by atoms with E-state index in [-0.39, 0.29) is 5.75 Å². The van der Waals surface area contributed by atoms with Crippen molar-refractivity contribution < 1.29 is 9.84 Å². The monoisotopic (exact) mass is 289 g/mol. The molecule has 0 aliphatic rings. The van der Waals surface area contributed by atoms with Crippen LogP contribution in [0, 0.1) is 0 Å². The largest absolute Gasteiger partial charge is 0.507 e. The minimum atomic E-state index is 0.280. The van der Waals surface area contributed by atoms with Crippen molar-refractivity contribution in [3.63, 3.8) is 0 Å². The van der Waals surface area contributed by atoms with Crippen LogP contribution in [0.2, 0.25) is 0 Å². The zero-order valence-corrected chi connectivity index (χ0v) is 12.1. The van der Waals surface area contributed by atoms with Gasteiger partial charge in [-0.2, -0.15) is 0 Å². The number of aromatic hydroxyl groups is 1. The number of methoxy groups -OCH3 is 1. The molecule has 1 aromatic heterocycles. The molecule has 0 aliphatic heterocycles. The summed E-state index contributed by atoms with van der Waals surface area (Å²) in [7, 11) is 1.66. The number of fused-ring (bicyclic) bond motifs is 2. The van der Waals surface area contributed by atoms with Crippen LogP contribution < -0.4 is 4.74 Å². The molecule has 108 valence electrons. The van der Waals surface area contributed by atoms with Gasteiger partial charge in [-0.1, -0.05) is 30.3 Å². The molecule has 0 fully saturated rings. The Hall–Kier alpha value is -2.94. The van der Waals surface area contributed by atoms with Gasteiger partial charge in [-0.05, 0) is 35.0 Å². The van der Waals surface area contributed by atoms with Crippen LogP contribution in [0.3, 0.4) is 0 Å². The molecule has 0 spiro atoms. The summed E-state index contributed by atoms with van der Waals surface area (Å²) in [5.41, 5.74) is 2.84. The third-order valence-electron chi connectivity index (χ3n) is 4.07. The summed E-state index contributed by atoms with van der Waals surface area (Å²) in [6.07, 6.45) is 1.94. The standard InChI is InChI=1S/C19H15NO2/c1-22-13-7-8-17-15(10-13)16(11-20-17)19-14-5-3-2-4-12(14)6-9-18(19)21/h2-11,20-21H,1H3.